The van der Waals surface area contributed by atoms with E-state index >= 15 is 0 Å². The van der Waals surface area contributed by atoms with Crippen molar-refractivity contribution >= 4 is 11.9 Å². The molecule has 1 amide bonds. The number of carbonyl (C=O) groups is 1. The summed E-state index contributed by atoms with van der Waals surface area (Å²) in [6.45, 7) is 4.84. The van der Waals surface area contributed by atoms with Gasteiger partial charge in [0.25, 0.3) is 0 Å². The Labute approximate surface area is 174 Å². The van der Waals surface area contributed by atoms with Crippen LogP contribution >= 0.6 is 0 Å². The predicted octanol–water partition coefficient (Wildman–Crippen LogP) is 3.09. The fourth-order valence-electron chi connectivity index (χ4n) is 3.31. The van der Waals surface area contributed by atoms with E-state index in [0.717, 1.165) is 31.8 Å². The van der Waals surface area contributed by atoms with Crippen LogP contribution in [-0.4, -0.2) is 38.0 Å². The Morgan fingerprint density at radius 1 is 0.966 bits per heavy atom. The quantitative estimate of drug-likeness (QED) is 0.331. The standard InChI is InChI=1S/C24H32N4O/c1-2-25-24(27-16-15-26-23(29)21-13-14-21)28-18-22(20-11-7-4-8-12-20)17-19-9-5-3-6-10-19/h3-12,21-22H,2,13-18H2,1H3,(H,26,29)(H2,25,27,28). The molecule has 1 fully saturated rings. The molecule has 0 radical (unpaired) electrons. The number of hydrogen-bond acceptors (Lipinski definition) is 2. The third-order valence-corrected chi connectivity index (χ3v) is 5.07. The number of carbonyl (C=O) groups excluding carboxylic acids is 1. The van der Waals surface area contributed by atoms with E-state index in [1.807, 2.05) is 12.1 Å². The van der Waals surface area contributed by atoms with Gasteiger partial charge < -0.3 is 16.0 Å². The average molecular weight is 393 g/mol. The Hall–Kier alpha value is -2.82. The van der Waals surface area contributed by atoms with E-state index in [0.29, 0.717) is 25.6 Å². The second-order valence-corrected chi connectivity index (χ2v) is 7.51. The van der Waals surface area contributed by atoms with Gasteiger partial charge in [-0.05, 0) is 37.3 Å². The van der Waals surface area contributed by atoms with E-state index in [1.54, 1.807) is 0 Å². The summed E-state index contributed by atoms with van der Waals surface area (Å²) in [4.78, 5) is 16.6. The maximum absolute atomic E-state index is 11.7. The van der Waals surface area contributed by atoms with Gasteiger partial charge in [0.15, 0.2) is 5.96 Å². The van der Waals surface area contributed by atoms with Crippen molar-refractivity contribution in [3.63, 3.8) is 0 Å². The highest BCUT2D eigenvalue weighted by atomic mass is 16.2. The highest BCUT2D eigenvalue weighted by molar-refractivity contribution is 5.81. The Bertz CT molecular complexity index is 772. The van der Waals surface area contributed by atoms with Crippen LogP contribution in [-0.2, 0) is 11.2 Å². The first-order valence-corrected chi connectivity index (χ1v) is 10.6. The van der Waals surface area contributed by atoms with E-state index in [4.69, 9.17) is 4.99 Å². The Morgan fingerprint density at radius 3 is 2.28 bits per heavy atom. The number of nitrogens with one attached hydrogen (secondary N) is 3. The SMILES string of the molecule is CCNC(=NCC(Cc1ccccc1)c1ccccc1)NCCNC(=O)C1CC1. The van der Waals surface area contributed by atoms with E-state index in [2.05, 4.69) is 71.4 Å². The molecule has 5 heteroatoms. The summed E-state index contributed by atoms with van der Waals surface area (Å²) in [5.41, 5.74) is 2.62. The topological polar surface area (TPSA) is 65.5 Å². The zero-order valence-corrected chi connectivity index (χ0v) is 17.2. The van der Waals surface area contributed by atoms with Crippen molar-refractivity contribution in [1.29, 1.82) is 0 Å². The van der Waals surface area contributed by atoms with Crippen LogP contribution < -0.4 is 16.0 Å². The van der Waals surface area contributed by atoms with Crippen LogP contribution in [0.4, 0.5) is 0 Å². The lowest BCUT2D eigenvalue weighted by atomic mass is 9.92. The van der Waals surface area contributed by atoms with Crippen molar-refractivity contribution in [2.75, 3.05) is 26.2 Å². The van der Waals surface area contributed by atoms with Crippen LogP contribution in [0.15, 0.2) is 65.7 Å². The molecule has 0 aromatic heterocycles. The monoisotopic (exact) mass is 392 g/mol. The molecule has 3 rings (SSSR count). The first-order chi connectivity index (χ1) is 14.3. The molecule has 154 valence electrons. The Kier molecular flexibility index (Phi) is 8.11. The van der Waals surface area contributed by atoms with Crippen LogP contribution in [0.3, 0.4) is 0 Å². The molecule has 1 unspecified atom stereocenters. The number of guanidine groups is 1. The first-order valence-electron chi connectivity index (χ1n) is 10.6. The van der Waals surface area contributed by atoms with Gasteiger partial charge in [-0.2, -0.15) is 0 Å². The molecule has 2 aromatic carbocycles. The Balaban J connectivity index is 1.58. The third kappa shape index (κ3) is 7.26. The molecule has 1 aliphatic rings. The van der Waals surface area contributed by atoms with Crippen molar-refractivity contribution < 1.29 is 4.79 Å². The molecule has 0 aliphatic heterocycles. The molecule has 1 aliphatic carbocycles. The molecular weight excluding hydrogens is 360 g/mol. The molecule has 29 heavy (non-hydrogen) atoms. The highest BCUT2D eigenvalue weighted by Gasteiger charge is 2.28. The number of rotatable bonds is 10. The molecule has 0 heterocycles. The molecule has 5 nitrogen and oxygen atoms in total. The molecule has 1 atom stereocenters. The summed E-state index contributed by atoms with van der Waals surface area (Å²) in [7, 11) is 0. The van der Waals surface area contributed by atoms with Gasteiger partial charge in [0.1, 0.15) is 0 Å². The summed E-state index contributed by atoms with van der Waals surface area (Å²) in [5.74, 6) is 1.54. The lowest BCUT2D eigenvalue weighted by Gasteiger charge is -2.17. The van der Waals surface area contributed by atoms with Crippen LogP contribution in [0.5, 0.6) is 0 Å². The van der Waals surface area contributed by atoms with Crippen molar-refractivity contribution in [1.82, 2.24) is 16.0 Å². The first kappa shape index (κ1) is 20.9. The zero-order valence-electron chi connectivity index (χ0n) is 17.2. The normalized spacial score (nSPS) is 14.9. The summed E-state index contributed by atoms with van der Waals surface area (Å²) >= 11 is 0. The van der Waals surface area contributed by atoms with Gasteiger partial charge in [0.2, 0.25) is 5.91 Å². The van der Waals surface area contributed by atoms with Gasteiger partial charge in [-0.25, -0.2) is 0 Å². The number of benzene rings is 2. The van der Waals surface area contributed by atoms with E-state index < -0.39 is 0 Å². The predicted molar refractivity (Wildman–Crippen MR) is 119 cm³/mol. The fourth-order valence-corrected chi connectivity index (χ4v) is 3.31. The van der Waals surface area contributed by atoms with Crippen molar-refractivity contribution in [3.8, 4) is 0 Å². The summed E-state index contributed by atoms with van der Waals surface area (Å²) in [6, 6.07) is 21.1. The van der Waals surface area contributed by atoms with Gasteiger partial charge in [0, 0.05) is 38.0 Å². The van der Waals surface area contributed by atoms with Crippen LogP contribution in [0, 0.1) is 5.92 Å². The number of nitrogens with zero attached hydrogens (tertiary/aromatic N) is 1. The number of hydrogen-bond donors (Lipinski definition) is 3. The minimum absolute atomic E-state index is 0.181. The maximum atomic E-state index is 11.7. The number of amides is 1. The Morgan fingerprint density at radius 2 is 1.62 bits per heavy atom. The fraction of sp³-hybridized carbons (Fsp3) is 0.417. The molecular formula is C24H32N4O. The lowest BCUT2D eigenvalue weighted by molar-refractivity contribution is -0.122. The molecule has 3 N–H and O–H groups in total. The molecule has 0 spiro atoms. The summed E-state index contributed by atoms with van der Waals surface area (Å²) < 4.78 is 0. The maximum Gasteiger partial charge on any atom is 0.223 e. The minimum Gasteiger partial charge on any atom is -0.357 e. The van der Waals surface area contributed by atoms with E-state index in [9.17, 15) is 4.79 Å². The van der Waals surface area contributed by atoms with Crippen LogP contribution in [0.25, 0.3) is 0 Å². The molecule has 0 saturated heterocycles. The van der Waals surface area contributed by atoms with E-state index in [1.165, 1.54) is 11.1 Å². The van der Waals surface area contributed by atoms with Gasteiger partial charge in [0.05, 0.1) is 0 Å². The van der Waals surface area contributed by atoms with Gasteiger partial charge >= 0.3 is 0 Å². The zero-order chi connectivity index (χ0) is 20.3. The molecule has 1 saturated carbocycles. The lowest BCUT2D eigenvalue weighted by Crippen LogP contribution is -2.42. The second kappa shape index (κ2) is 11.2. The van der Waals surface area contributed by atoms with Crippen molar-refractivity contribution in [3.05, 3.63) is 71.8 Å². The van der Waals surface area contributed by atoms with Crippen molar-refractivity contribution in [2.24, 2.45) is 10.9 Å². The second-order valence-electron chi connectivity index (χ2n) is 7.51. The average Bonchev–Trinajstić information content (AvgIpc) is 3.60. The number of aliphatic imine (C=N–C) groups is 1. The van der Waals surface area contributed by atoms with E-state index in [-0.39, 0.29) is 11.8 Å². The van der Waals surface area contributed by atoms with Gasteiger partial charge in [-0.3, -0.25) is 9.79 Å². The molecule has 0 bridgehead atoms. The minimum atomic E-state index is 0.181. The molecule has 2 aromatic rings. The van der Waals surface area contributed by atoms with Crippen LogP contribution in [0.2, 0.25) is 0 Å². The third-order valence-electron chi connectivity index (χ3n) is 5.07. The largest absolute Gasteiger partial charge is 0.357 e. The van der Waals surface area contributed by atoms with Gasteiger partial charge in [-0.1, -0.05) is 60.7 Å². The smallest absolute Gasteiger partial charge is 0.223 e. The van der Waals surface area contributed by atoms with Crippen LogP contribution in [0.1, 0.15) is 36.8 Å². The summed E-state index contributed by atoms with van der Waals surface area (Å²) in [6.07, 6.45) is 3.02. The summed E-state index contributed by atoms with van der Waals surface area (Å²) in [5, 5.41) is 9.61. The van der Waals surface area contributed by atoms with Crippen molar-refractivity contribution in [2.45, 2.75) is 32.1 Å². The van der Waals surface area contributed by atoms with Gasteiger partial charge in [-0.15, -0.1) is 0 Å². The highest BCUT2D eigenvalue weighted by Crippen LogP contribution is 2.28.